The Balaban J connectivity index is 1.71. The van der Waals surface area contributed by atoms with Gasteiger partial charge in [-0.1, -0.05) is 68.1 Å². The number of amides is 1. The van der Waals surface area contributed by atoms with Gasteiger partial charge in [0.2, 0.25) is 5.91 Å². The van der Waals surface area contributed by atoms with E-state index in [2.05, 4.69) is 29.4 Å². The first-order valence-electron chi connectivity index (χ1n) is 9.79. The van der Waals surface area contributed by atoms with Crippen LogP contribution in [-0.2, 0) is 23.9 Å². The predicted octanol–water partition coefficient (Wildman–Crippen LogP) is 5.27. The molecule has 0 radical (unpaired) electrons. The number of nitrogens with zero attached hydrogens (tertiary/aromatic N) is 3. The zero-order valence-electron chi connectivity index (χ0n) is 17.2. The second-order valence-corrected chi connectivity index (χ2v) is 8.39. The number of nitrogens with one attached hydrogen (secondary N) is 1. The van der Waals surface area contributed by atoms with Crippen LogP contribution in [0.15, 0.2) is 59.8 Å². The molecule has 1 amide bonds. The number of hydrogen-bond donors (Lipinski definition) is 1. The van der Waals surface area contributed by atoms with Crippen molar-refractivity contribution in [3.63, 3.8) is 0 Å². The Morgan fingerprint density at radius 3 is 2.42 bits per heavy atom. The van der Waals surface area contributed by atoms with E-state index in [-0.39, 0.29) is 11.4 Å². The molecule has 164 valence electrons. The fraction of sp³-hybridized carbons (Fsp3) is 0.318. The van der Waals surface area contributed by atoms with Crippen molar-refractivity contribution in [1.82, 2.24) is 14.8 Å². The van der Waals surface area contributed by atoms with Gasteiger partial charge in [-0.3, -0.25) is 4.79 Å². The molecule has 0 fully saturated rings. The Morgan fingerprint density at radius 1 is 1.06 bits per heavy atom. The molecular weight excluding hydrogens is 425 g/mol. The minimum absolute atomic E-state index is 0.0756. The molecule has 0 spiro atoms. The highest BCUT2D eigenvalue weighted by atomic mass is 32.2. The summed E-state index contributed by atoms with van der Waals surface area (Å²) in [5.74, 6) is 0.501. The van der Waals surface area contributed by atoms with E-state index >= 15 is 0 Å². The number of halogens is 3. The molecule has 31 heavy (non-hydrogen) atoms. The first kappa shape index (κ1) is 22.9. The van der Waals surface area contributed by atoms with Crippen molar-refractivity contribution in [2.45, 2.75) is 38.1 Å². The van der Waals surface area contributed by atoms with Crippen molar-refractivity contribution in [1.29, 1.82) is 0 Å². The highest BCUT2D eigenvalue weighted by Crippen LogP contribution is 2.34. The molecule has 0 saturated carbocycles. The number of rotatable bonds is 8. The summed E-state index contributed by atoms with van der Waals surface area (Å²) in [6, 6.07) is 14.8. The minimum Gasteiger partial charge on any atom is -0.325 e. The Bertz CT molecular complexity index is 1020. The van der Waals surface area contributed by atoms with Crippen LogP contribution in [0.25, 0.3) is 0 Å². The lowest BCUT2D eigenvalue weighted by Gasteiger charge is -2.14. The molecule has 1 N–H and O–H groups in total. The number of carbonyl (C=O) groups is 1. The molecule has 1 heterocycles. The molecular formula is C22H23F3N4OS. The van der Waals surface area contributed by atoms with Gasteiger partial charge in [-0.15, -0.1) is 10.2 Å². The molecule has 9 heteroatoms. The van der Waals surface area contributed by atoms with Crippen LogP contribution in [-0.4, -0.2) is 26.4 Å². The minimum atomic E-state index is -4.54. The maximum atomic E-state index is 13.1. The number of alkyl halides is 3. The fourth-order valence-electron chi connectivity index (χ4n) is 3.04. The van der Waals surface area contributed by atoms with Crippen molar-refractivity contribution >= 4 is 23.4 Å². The zero-order chi connectivity index (χ0) is 22.4. The number of aromatic nitrogens is 3. The van der Waals surface area contributed by atoms with Gasteiger partial charge in [-0.05, 0) is 23.6 Å². The van der Waals surface area contributed by atoms with Crippen LogP contribution in [0.3, 0.4) is 0 Å². The van der Waals surface area contributed by atoms with Crippen LogP contribution in [0.1, 0.15) is 30.8 Å². The van der Waals surface area contributed by atoms with E-state index in [0.717, 1.165) is 29.2 Å². The summed E-state index contributed by atoms with van der Waals surface area (Å²) >= 11 is 1.16. The van der Waals surface area contributed by atoms with Crippen molar-refractivity contribution in [2.75, 3.05) is 11.1 Å². The maximum absolute atomic E-state index is 13.1. The SMILES string of the molecule is CC(C)Cn1c(Cc2ccccc2)nnc1SCC(=O)Nc1ccccc1C(F)(F)F. The summed E-state index contributed by atoms with van der Waals surface area (Å²) in [6.07, 6.45) is -3.94. The summed E-state index contributed by atoms with van der Waals surface area (Å²) in [5.41, 5.74) is -0.0338. The highest BCUT2D eigenvalue weighted by Gasteiger charge is 2.33. The van der Waals surface area contributed by atoms with Gasteiger partial charge in [-0.2, -0.15) is 13.2 Å². The van der Waals surface area contributed by atoms with Crippen LogP contribution in [0.2, 0.25) is 0 Å². The lowest BCUT2D eigenvalue weighted by Crippen LogP contribution is -2.18. The molecule has 0 bridgehead atoms. The average molecular weight is 449 g/mol. The van der Waals surface area contributed by atoms with Crippen LogP contribution in [0, 0.1) is 5.92 Å². The van der Waals surface area contributed by atoms with Gasteiger partial charge < -0.3 is 9.88 Å². The van der Waals surface area contributed by atoms with Crippen LogP contribution < -0.4 is 5.32 Å². The van der Waals surface area contributed by atoms with Crippen molar-refractivity contribution < 1.29 is 18.0 Å². The van der Waals surface area contributed by atoms with Gasteiger partial charge in [0, 0.05) is 13.0 Å². The third-order valence-electron chi connectivity index (χ3n) is 4.39. The Kier molecular flexibility index (Phi) is 7.37. The molecule has 5 nitrogen and oxygen atoms in total. The van der Waals surface area contributed by atoms with Crippen molar-refractivity contribution in [3.05, 3.63) is 71.5 Å². The summed E-state index contributed by atoms with van der Waals surface area (Å²) < 4.78 is 41.4. The molecule has 0 unspecified atom stereocenters. The van der Waals surface area contributed by atoms with E-state index in [9.17, 15) is 18.0 Å². The summed E-state index contributed by atoms with van der Waals surface area (Å²) in [6.45, 7) is 4.82. The molecule has 0 aliphatic rings. The lowest BCUT2D eigenvalue weighted by atomic mass is 10.1. The Labute approximate surface area is 183 Å². The van der Waals surface area contributed by atoms with Crippen LogP contribution in [0.5, 0.6) is 0 Å². The second kappa shape index (κ2) is 10.00. The van der Waals surface area contributed by atoms with Crippen LogP contribution >= 0.6 is 11.8 Å². The average Bonchev–Trinajstić information content (AvgIpc) is 3.07. The van der Waals surface area contributed by atoms with Gasteiger partial charge in [0.1, 0.15) is 5.82 Å². The number of anilines is 1. The van der Waals surface area contributed by atoms with Gasteiger partial charge in [0.05, 0.1) is 17.0 Å². The molecule has 1 aromatic heterocycles. The van der Waals surface area contributed by atoms with E-state index in [1.165, 1.54) is 18.2 Å². The number of thioether (sulfide) groups is 1. The van der Waals surface area contributed by atoms with E-state index in [1.54, 1.807) is 0 Å². The van der Waals surface area contributed by atoms with Gasteiger partial charge in [0.15, 0.2) is 5.16 Å². The number of hydrogen-bond acceptors (Lipinski definition) is 4. The molecule has 0 saturated heterocycles. The fourth-order valence-corrected chi connectivity index (χ4v) is 3.81. The molecule has 3 aromatic rings. The predicted molar refractivity (Wildman–Crippen MR) is 115 cm³/mol. The molecule has 0 atom stereocenters. The first-order valence-corrected chi connectivity index (χ1v) is 10.8. The second-order valence-electron chi connectivity index (χ2n) is 7.45. The molecule has 2 aromatic carbocycles. The number of benzene rings is 2. The zero-order valence-corrected chi connectivity index (χ0v) is 18.0. The lowest BCUT2D eigenvalue weighted by molar-refractivity contribution is -0.137. The molecule has 3 rings (SSSR count). The van der Waals surface area contributed by atoms with E-state index in [1.807, 2.05) is 34.9 Å². The largest absolute Gasteiger partial charge is 0.418 e. The third-order valence-corrected chi connectivity index (χ3v) is 5.35. The number of carbonyl (C=O) groups excluding carboxylic acids is 1. The number of para-hydroxylation sites is 1. The van der Waals surface area contributed by atoms with E-state index < -0.39 is 17.6 Å². The van der Waals surface area contributed by atoms with Crippen LogP contribution in [0.4, 0.5) is 18.9 Å². The summed E-state index contributed by atoms with van der Waals surface area (Å²) in [4.78, 5) is 12.3. The highest BCUT2D eigenvalue weighted by molar-refractivity contribution is 7.99. The Hall–Kier alpha value is -2.81. The van der Waals surface area contributed by atoms with Gasteiger partial charge in [0.25, 0.3) is 0 Å². The van der Waals surface area contributed by atoms with Crippen molar-refractivity contribution in [3.8, 4) is 0 Å². The quantitative estimate of drug-likeness (QED) is 0.477. The monoisotopic (exact) mass is 448 g/mol. The van der Waals surface area contributed by atoms with Gasteiger partial charge in [-0.25, -0.2) is 0 Å². The van der Waals surface area contributed by atoms with Gasteiger partial charge >= 0.3 is 6.18 Å². The van der Waals surface area contributed by atoms with E-state index in [4.69, 9.17) is 0 Å². The first-order chi connectivity index (χ1) is 14.7. The topological polar surface area (TPSA) is 59.8 Å². The maximum Gasteiger partial charge on any atom is 0.418 e. The standard InChI is InChI=1S/C22H23F3N4OS/c1-15(2)13-29-19(12-16-8-4-3-5-9-16)27-28-21(29)31-14-20(30)26-18-11-7-6-10-17(18)22(23,24)25/h3-11,15H,12-14H2,1-2H3,(H,26,30). The summed E-state index contributed by atoms with van der Waals surface area (Å²) in [7, 11) is 0. The molecule has 0 aliphatic heterocycles. The smallest absolute Gasteiger partial charge is 0.325 e. The third kappa shape index (κ3) is 6.33. The van der Waals surface area contributed by atoms with Crippen molar-refractivity contribution in [2.24, 2.45) is 5.92 Å². The normalized spacial score (nSPS) is 11.7. The Morgan fingerprint density at radius 2 is 1.74 bits per heavy atom. The molecule has 0 aliphatic carbocycles. The van der Waals surface area contributed by atoms with E-state index in [0.29, 0.717) is 24.0 Å². The summed E-state index contributed by atoms with van der Waals surface area (Å²) in [5, 5.41) is 11.4.